The van der Waals surface area contributed by atoms with Crippen LogP contribution >= 0.6 is 0 Å². The summed E-state index contributed by atoms with van der Waals surface area (Å²) in [5.74, 6) is -0.528. The molecule has 0 amide bonds. The van der Waals surface area contributed by atoms with Crippen molar-refractivity contribution in [3.8, 4) is 17.6 Å². The number of hydrogen-bond acceptors (Lipinski definition) is 4. The van der Waals surface area contributed by atoms with Gasteiger partial charge in [0, 0.05) is 0 Å². The summed E-state index contributed by atoms with van der Waals surface area (Å²) in [7, 11) is 0. The molecule has 19 heavy (non-hydrogen) atoms. The smallest absolute Gasteiger partial charge is 0.314 e. The molecule has 0 spiro atoms. The molecule has 2 aromatic carbocycles. The Labute approximate surface area is 107 Å². The van der Waals surface area contributed by atoms with E-state index >= 15 is 0 Å². The van der Waals surface area contributed by atoms with Crippen molar-refractivity contribution >= 4 is 5.69 Å². The van der Waals surface area contributed by atoms with Gasteiger partial charge in [-0.05, 0) is 30.3 Å². The van der Waals surface area contributed by atoms with Gasteiger partial charge in [-0.1, -0.05) is 6.07 Å². The lowest BCUT2D eigenvalue weighted by molar-refractivity contribution is -0.385. The lowest BCUT2D eigenvalue weighted by atomic mass is 10.2. The third kappa shape index (κ3) is 2.84. The standard InChI is InChI=1S/C13H7FN2O3/c14-10-4-5-13(12(7-10)16(17)18)19-11-3-1-2-9(6-11)8-15/h1-7H. The number of hydrogen-bond donors (Lipinski definition) is 0. The third-order valence-corrected chi connectivity index (χ3v) is 2.31. The van der Waals surface area contributed by atoms with Crippen molar-refractivity contribution in [2.24, 2.45) is 0 Å². The van der Waals surface area contributed by atoms with Crippen LogP contribution in [0.3, 0.4) is 0 Å². The van der Waals surface area contributed by atoms with Crippen LogP contribution in [-0.4, -0.2) is 4.92 Å². The molecule has 0 unspecified atom stereocenters. The fraction of sp³-hybridized carbons (Fsp3) is 0. The Hall–Kier alpha value is -2.94. The van der Waals surface area contributed by atoms with Gasteiger partial charge in [0.15, 0.2) is 0 Å². The number of rotatable bonds is 3. The minimum Gasteiger partial charge on any atom is -0.450 e. The molecule has 0 aliphatic heterocycles. The Balaban J connectivity index is 2.38. The van der Waals surface area contributed by atoms with Crippen molar-refractivity contribution in [3.63, 3.8) is 0 Å². The first-order chi connectivity index (χ1) is 9.10. The van der Waals surface area contributed by atoms with Crippen LogP contribution in [0.25, 0.3) is 0 Å². The molecular formula is C13H7FN2O3. The first-order valence-electron chi connectivity index (χ1n) is 5.22. The van der Waals surface area contributed by atoms with Crippen molar-refractivity contribution in [3.05, 3.63) is 64.0 Å². The summed E-state index contributed by atoms with van der Waals surface area (Å²) in [4.78, 5) is 10.1. The monoisotopic (exact) mass is 258 g/mol. The van der Waals surface area contributed by atoms with Crippen LogP contribution in [0.1, 0.15) is 5.56 Å². The van der Waals surface area contributed by atoms with Crippen LogP contribution in [0.15, 0.2) is 42.5 Å². The van der Waals surface area contributed by atoms with Crippen molar-refractivity contribution in [2.45, 2.75) is 0 Å². The van der Waals surface area contributed by atoms with Crippen LogP contribution in [-0.2, 0) is 0 Å². The second-order valence-corrected chi connectivity index (χ2v) is 3.61. The quantitative estimate of drug-likeness (QED) is 0.624. The van der Waals surface area contributed by atoms with Gasteiger partial charge in [0.2, 0.25) is 5.75 Å². The van der Waals surface area contributed by atoms with E-state index in [9.17, 15) is 14.5 Å². The third-order valence-electron chi connectivity index (χ3n) is 2.31. The molecule has 0 atom stereocenters. The van der Waals surface area contributed by atoms with E-state index in [2.05, 4.69) is 0 Å². The summed E-state index contributed by atoms with van der Waals surface area (Å²) < 4.78 is 18.3. The molecule has 0 radical (unpaired) electrons. The zero-order valence-corrected chi connectivity index (χ0v) is 9.54. The number of nitro benzene ring substituents is 1. The highest BCUT2D eigenvalue weighted by Crippen LogP contribution is 2.31. The van der Waals surface area contributed by atoms with E-state index in [4.69, 9.17) is 10.00 Å². The molecule has 0 aliphatic rings. The summed E-state index contributed by atoms with van der Waals surface area (Å²) in [5, 5.41) is 19.5. The van der Waals surface area contributed by atoms with E-state index < -0.39 is 16.4 Å². The lowest BCUT2D eigenvalue weighted by Gasteiger charge is -2.06. The molecular weight excluding hydrogens is 251 g/mol. The number of nitrogens with zero attached hydrogens (tertiary/aromatic N) is 2. The topological polar surface area (TPSA) is 76.2 Å². The molecule has 2 rings (SSSR count). The summed E-state index contributed by atoms with van der Waals surface area (Å²) >= 11 is 0. The first-order valence-corrected chi connectivity index (χ1v) is 5.22. The predicted octanol–water partition coefficient (Wildman–Crippen LogP) is 3.40. The van der Waals surface area contributed by atoms with Gasteiger partial charge in [0.25, 0.3) is 0 Å². The Kier molecular flexibility index (Phi) is 3.39. The maximum Gasteiger partial charge on any atom is 0.314 e. The summed E-state index contributed by atoms with van der Waals surface area (Å²) in [6, 6.07) is 11.1. The summed E-state index contributed by atoms with van der Waals surface area (Å²) in [6.45, 7) is 0. The fourth-order valence-corrected chi connectivity index (χ4v) is 1.48. The highest BCUT2D eigenvalue weighted by molar-refractivity contribution is 5.49. The fourth-order valence-electron chi connectivity index (χ4n) is 1.48. The molecule has 0 N–H and O–H groups in total. The number of benzene rings is 2. The van der Waals surface area contributed by atoms with Gasteiger partial charge in [0.1, 0.15) is 11.6 Å². The van der Waals surface area contributed by atoms with Crippen LogP contribution in [0, 0.1) is 27.3 Å². The largest absolute Gasteiger partial charge is 0.450 e. The average Bonchev–Trinajstić information content (AvgIpc) is 2.41. The molecule has 94 valence electrons. The molecule has 5 nitrogen and oxygen atoms in total. The minimum absolute atomic E-state index is 0.0820. The zero-order valence-electron chi connectivity index (χ0n) is 9.54. The van der Waals surface area contributed by atoms with Gasteiger partial charge >= 0.3 is 5.69 Å². The normalized spacial score (nSPS) is 9.68. The van der Waals surface area contributed by atoms with E-state index in [0.717, 1.165) is 12.1 Å². The molecule has 0 aliphatic carbocycles. The van der Waals surface area contributed by atoms with E-state index in [1.54, 1.807) is 18.2 Å². The number of nitriles is 1. The van der Waals surface area contributed by atoms with Gasteiger partial charge in [-0.25, -0.2) is 4.39 Å². The first kappa shape index (κ1) is 12.5. The van der Waals surface area contributed by atoms with E-state index in [1.165, 1.54) is 12.1 Å². The molecule has 0 fully saturated rings. The minimum atomic E-state index is -0.730. The van der Waals surface area contributed by atoms with Gasteiger partial charge in [-0.2, -0.15) is 5.26 Å². The Bertz CT molecular complexity index is 680. The van der Waals surface area contributed by atoms with E-state index in [1.807, 2.05) is 6.07 Å². The molecule has 2 aromatic rings. The maximum atomic E-state index is 13.0. The van der Waals surface area contributed by atoms with Crippen molar-refractivity contribution in [1.29, 1.82) is 5.26 Å². The predicted molar refractivity (Wildman–Crippen MR) is 64.3 cm³/mol. The summed E-state index contributed by atoms with van der Waals surface area (Å²) in [5.41, 5.74) is -0.107. The SMILES string of the molecule is N#Cc1cccc(Oc2ccc(F)cc2[N+](=O)[O-])c1. The van der Waals surface area contributed by atoms with Crippen LogP contribution in [0.4, 0.5) is 10.1 Å². The number of nitro groups is 1. The number of halogens is 1. The number of ether oxygens (including phenoxy) is 1. The Morgan fingerprint density at radius 1 is 1.26 bits per heavy atom. The highest BCUT2D eigenvalue weighted by atomic mass is 19.1. The van der Waals surface area contributed by atoms with Gasteiger partial charge in [0.05, 0.1) is 22.6 Å². The van der Waals surface area contributed by atoms with Gasteiger partial charge < -0.3 is 4.74 Å². The maximum absolute atomic E-state index is 13.0. The van der Waals surface area contributed by atoms with Gasteiger partial charge in [-0.15, -0.1) is 0 Å². The molecule has 0 bridgehead atoms. The Morgan fingerprint density at radius 2 is 2.05 bits per heavy atom. The van der Waals surface area contributed by atoms with Crippen molar-refractivity contribution in [1.82, 2.24) is 0 Å². The van der Waals surface area contributed by atoms with E-state index in [0.29, 0.717) is 5.56 Å². The van der Waals surface area contributed by atoms with Crippen LogP contribution in [0.5, 0.6) is 11.5 Å². The molecule has 0 saturated carbocycles. The second-order valence-electron chi connectivity index (χ2n) is 3.61. The molecule has 0 saturated heterocycles. The van der Waals surface area contributed by atoms with Crippen molar-refractivity contribution in [2.75, 3.05) is 0 Å². The van der Waals surface area contributed by atoms with Gasteiger partial charge in [-0.3, -0.25) is 10.1 Å². The van der Waals surface area contributed by atoms with Crippen LogP contribution < -0.4 is 4.74 Å². The average molecular weight is 258 g/mol. The molecule has 0 heterocycles. The van der Waals surface area contributed by atoms with E-state index in [-0.39, 0.29) is 11.5 Å². The van der Waals surface area contributed by atoms with Crippen LogP contribution in [0.2, 0.25) is 0 Å². The summed E-state index contributed by atoms with van der Waals surface area (Å²) in [6.07, 6.45) is 0. The Morgan fingerprint density at radius 3 is 2.74 bits per heavy atom. The lowest BCUT2D eigenvalue weighted by Crippen LogP contribution is -1.94. The highest BCUT2D eigenvalue weighted by Gasteiger charge is 2.17. The van der Waals surface area contributed by atoms with Crippen molar-refractivity contribution < 1.29 is 14.1 Å². The molecule has 0 aromatic heterocycles. The zero-order chi connectivity index (χ0) is 13.8. The second kappa shape index (κ2) is 5.14. The molecule has 6 heteroatoms.